The van der Waals surface area contributed by atoms with Gasteiger partial charge in [0, 0.05) is 23.0 Å². The molecule has 0 amide bonds. The van der Waals surface area contributed by atoms with Crippen LogP contribution in [0.3, 0.4) is 0 Å². The van der Waals surface area contributed by atoms with Crippen LogP contribution in [0, 0.1) is 0 Å². The minimum absolute atomic E-state index is 0.798. The Labute approximate surface area is 205 Å². The molecule has 0 fully saturated rings. The average molecular weight is 462 g/mol. The van der Waals surface area contributed by atoms with Gasteiger partial charge in [0.25, 0.3) is 0 Å². The average Bonchev–Trinajstić information content (AvgIpc) is 3.44. The van der Waals surface area contributed by atoms with Gasteiger partial charge in [0.1, 0.15) is 16.6 Å². The van der Waals surface area contributed by atoms with E-state index in [4.69, 9.17) is 15.0 Å². The molecule has 0 spiro atoms. The number of rotatable bonds is 2. The van der Waals surface area contributed by atoms with Gasteiger partial charge in [-0.05, 0) is 53.2 Å². The zero-order valence-electron chi connectivity index (χ0n) is 19.2. The maximum Gasteiger partial charge on any atom is 0.168 e. The third kappa shape index (κ3) is 2.62. The minimum atomic E-state index is 0.798. The number of aromatic nitrogens is 5. The number of fused-ring (bicyclic) bond motifs is 7. The Morgan fingerprint density at radius 2 is 1.19 bits per heavy atom. The van der Waals surface area contributed by atoms with Gasteiger partial charge >= 0.3 is 0 Å². The van der Waals surface area contributed by atoms with Gasteiger partial charge < -0.3 is 0 Å². The Hall–Kier alpha value is -5.03. The van der Waals surface area contributed by atoms with Crippen LogP contribution < -0.4 is 0 Å². The Balaban J connectivity index is 1.55. The van der Waals surface area contributed by atoms with Gasteiger partial charge in [-0.3, -0.25) is 14.1 Å². The van der Waals surface area contributed by atoms with E-state index in [-0.39, 0.29) is 0 Å². The van der Waals surface area contributed by atoms with E-state index in [2.05, 4.69) is 106 Å². The van der Waals surface area contributed by atoms with Crippen LogP contribution in [-0.4, -0.2) is 24.1 Å². The maximum absolute atomic E-state index is 5.31. The molecule has 5 heteroatoms. The predicted molar refractivity (Wildman–Crippen MR) is 146 cm³/mol. The molecule has 0 unspecified atom stereocenters. The van der Waals surface area contributed by atoms with Crippen LogP contribution >= 0.6 is 0 Å². The van der Waals surface area contributed by atoms with Crippen molar-refractivity contribution in [2.24, 2.45) is 0 Å². The summed E-state index contributed by atoms with van der Waals surface area (Å²) < 4.78 is 4.39. The highest BCUT2D eigenvalue weighted by Gasteiger charge is 2.21. The second kappa shape index (κ2) is 7.23. The Morgan fingerprint density at radius 3 is 2.11 bits per heavy atom. The van der Waals surface area contributed by atoms with Gasteiger partial charge in [0.2, 0.25) is 0 Å². The summed E-state index contributed by atoms with van der Waals surface area (Å²) in [5.74, 6) is 0. The first kappa shape index (κ1) is 19.3. The van der Waals surface area contributed by atoms with E-state index in [1.807, 2.05) is 18.3 Å². The van der Waals surface area contributed by atoms with Crippen LogP contribution in [0.4, 0.5) is 0 Å². The zero-order valence-corrected chi connectivity index (χ0v) is 19.2. The molecule has 0 saturated carbocycles. The lowest BCUT2D eigenvalue weighted by molar-refractivity contribution is 1.10. The third-order valence-electron chi connectivity index (χ3n) is 6.94. The molecule has 8 rings (SSSR count). The molecule has 0 aliphatic heterocycles. The van der Waals surface area contributed by atoms with E-state index in [1.54, 1.807) is 0 Å². The predicted octanol–water partition coefficient (Wildman–Crippen LogP) is 7.22. The van der Waals surface area contributed by atoms with Gasteiger partial charge in [-0.2, -0.15) is 0 Å². The van der Waals surface area contributed by atoms with Crippen molar-refractivity contribution in [3.63, 3.8) is 0 Å². The summed E-state index contributed by atoms with van der Waals surface area (Å²) >= 11 is 0. The fraction of sp³-hybridized carbons (Fsp3) is 0. The van der Waals surface area contributed by atoms with Gasteiger partial charge in [-0.15, -0.1) is 0 Å². The molecule has 168 valence electrons. The summed E-state index contributed by atoms with van der Waals surface area (Å²) in [6.45, 7) is 0. The van der Waals surface area contributed by atoms with Crippen molar-refractivity contribution >= 4 is 55.0 Å². The number of para-hydroxylation sites is 2. The van der Waals surface area contributed by atoms with Crippen molar-refractivity contribution in [1.29, 1.82) is 0 Å². The topological polar surface area (TPSA) is 48.5 Å². The lowest BCUT2D eigenvalue weighted by atomic mass is 10.1. The summed E-state index contributed by atoms with van der Waals surface area (Å²) in [5, 5.41) is 3.47. The normalized spacial score (nSPS) is 11.9. The van der Waals surface area contributed by atoms with Crippen LogP contribution in [0.2, 0.25) is 0 Å². The molecule has 8 aromatic rings. The van der Waals surface area contributed by atoms with E-state index in [9.17, 15) is 0 Å². The number of benzene rings is 4. The molecule has 5 nitrogen and oxygen atoms in total. The monoisotopic (exact) mass is 461 g/mol. The first-order chi connectivity index (χ1) is 17.9. The van der Waals surface area contributed by atoms with Crippen LogP contribution in [0.15, 0.2) is 115 Å². The maximum atomic E-state index is 5.31. The Morgan fingerprint density at radius 1 is 0.472 bits per heavy atom. The molecule has 4 aromatic heterocycles. The molecule has 0 saturated heterocycles. The molecule has 0 N–H and O–H groups in total. The lowest BCUT2D eigenvalue weighted by Gasteiger charge is -2.09. The van der Waals surface area contributed by atoms with Crippen LogP contribution in [0.5, 0.6) is 0 Å². The fourth-order valence-electron chi connectivity index (χ4n) is 5.34. The van der Waals surface area contributed by atoms with Crippen LogP contribution in [-0.2, 0) is 0 Å². The van der Waals surface area contributed by atoms with Crippen molar-refractivity contribution in [3.8, 4) is 11.4 Å². The van der Waals surface area contributed by atoms with Gasteiger partial charge in [0.05, 0.1) is 11.0 Å². The SMILES string of the molecule is c1ccc(-n2c3ccccc3c3nc4c5ncccc5n(-c5ccc6ccccc6c5)c4nc32)cc1. The Bertz CT molecular complexity index is 2100. The summed E-state index contributed by atoms with van der Waals surface area (Å²) in [6.07, 6.45) is 1.83. The third-order valence-corrected chi connectivity index (χ3v) is 6.94. The van der Waals surface area contributed by atoms with Gasteiger partial charge in [0.15, 0.2) is 11.3 Å². The molecule has 0 aliphatic rings. The van der Waals surface area contributed by atoms with Crippen LogP contribution in [0.1, 0.15) is 0 Å². The van der Waals surface area contributed by atoms with E-state index >= 15 is 0 Å². The first-order valence-corrected chi connectivity index (χ1v) is 12.0. The number of pyridine rings is 1. The van der Waals surface area contributed by atoms with Crippen molar-refractivity contribution in [2.45, 2.75) is 0 Å². The van der Waals surface area contributed by atoms with E-state index in [0.29, 0.717) is 0 Å². The van der Waals surface area contributed by atoms with E-state index in [1.165, 1.54) is 10.8 Å². The lowest BCUT2D eigenvalue weighted by Crippen LogP contribution is -1.99. The number of hydrogen-bond donors (Lipinski definition) is 0. The molecule has 0 bridgehead atoms. The second-order valence-electron chi connectivity index (χ2n) is 8.99. The summed E-state index contributed by atoms with van der Waals surface area (Å²) in [4.78, 5) is 15.3. The molecular formula is C31H19N5. The molecule has 4 aromatic carbocycles. The van der Waals surface area contributed by atoms with Crippen molar-refractivity contribution < 1.29 is 0 Å². The fourth-order valence-corrected chi connectivity index (χ4v) is 5.34. The quantitative estimate of drug-likeness (QED) is 0.273. The van der Waals surface area contributed by atoms with E-state index in [0.717, 1.165) is 55.6 Å². The zero-order chi connectivity index (χ0) is 23.6. The molecule has 0 aliphatic carbocycles. The van der Waals surface area contributed by atoms with Crippen molar-refractivity contribution in [3.05, 3.63) is 115 Å². The molecular weight excluding hydrogens is 442 g/mol. The van der Waals surface area contributed by atoms with Crippen molar-refractivity contribution in [2.75, 3.05) is 0 Å². The molecule has 36 heavy (non-hydrogen) atoms. The second-order valence-corrected chi connectivity index (χ2v) is 8.99. The minimum Gasteiger partial charge on any atom is -0.292 e. The van der Waals surface area contributed by atoms with Gasteiger partial charge in [-0.25, -0.2) is 9.97 Å². The summed E-state index contributed by atoms with van der Waals surface area (Å²) in [7, 11) is 0. The highest BCUT2D eigenvalue weighted by Crippen LogP contribution is 2.35. The van der Waals surface area contributed by atoms with E-state index < -0.39 is 0 Å². The summed E-state index contributed by atoms with van der Waals surface area (Å²) in [5.41, 5.74) is 8.35. The number of nitrogens with zero attached hydrogens (tertiary/aromatic N) is 5. The highest BCUT2D eigenvalue weighted by molar-refractivity contribution is 6.11. The molecule has 4 heterocycles. The first-order valence-electron chi connectivity index (χ1n) is 12.0. The van der Waals surface area contributed by atoms with Gasteiger partial charge in [-0.1, -0.05) is 66.7 Å². The standard InChI is InChI=1S/C31H19N5/c1-2-11-22(12-3-1)35-25-14-7-6-13-24(25)27-30(35)34-31-29(33-27)28-26(15-8-18-32-28)36(31)23-17-16-20-9-4-5-10-21(20)19-23/h1-19H. The summed E-state index contributed by atoms with van der Waals surface area (Å²) in [6, 6.07) is 37.7. The smallest absolute Gasteiger partial charge is 0.168 e. The Kier molecular flexibility index (Phi) is 3.88. The number of hydrogen-bond acceptors (Lipinski definition) is 3. The largest absolute Gasteiger partial charge is 0.292 e. The van der Waals surface area contributed by atoms with Crippen molar-refractivity contribution in [1.82, 2.24) is 24.1 Å². The highest BCUT2D eigenvalue weighted by atomic mass is 15.1. The van der Waals surface area contributed by atoms with Crippen LogP contribution in [0.25, 0.3) is 66.4 Å². The molecule has 0 radical (unpaired) electrons. The molecule has 0 atom stereocenters.